The Morgan fingerprint density at radius 1 is 1.04 bits per heavy atom. The minimum atomic E-state index is -0.528. The second-order valence-corrected chi connectivity index (χ2v) is 6.04. The number of carbonyl (C=O) groups excluding carboxylic acids is 1. The Bertz CT molecular complexity index is 919. The van der Waals surface area contributed by atoms with Gasteiger partial charge in [-0.2, -0.15) is 0 Å². The summed E-state index contributed by atoms with van der Waals surface area (Å²) in [5.41, 5.74) is 1.15. The number of carbonyl (C=O) groups is 1. The largest absolute Gasteiger partial charge is 0.508 e. The molecule has 3 rings (SSSR count). The molecule has 0 spiro atoms. The molecule has 3 aromatic carbocycles. The molecule has 0 heterocycles. The molecule has 0 radical (unpaired) electrons. The van der Waals surface area contributed by atoms with E-state index in [1.165, 1.54) is 23.1 Å². The number of benzene rings is 3. The molecule has 3 aromatic rings. The number of hydrogen-bond donors (Lipinski definition) is 2. The Morgan fingerprint density at radius 3 is 2.46 bits per heavy atom. The van der Waals surface area contributed by atoms with Crippen molar-refractivity contribution < 1.29 is 14.3 Å². The Hall–Kier alpha value is -3.05. The van der Waals surface area contributed by atoms with E-state index in [9.17, 15) is 14.3 Å². The van der Waals surface area contributed by atoms with Crippen LogP contribution >= 0.6 is 11.6 Å². The molecular formula is C20H16ClFN2O2. The second kappa shape index (κ2) is 7.89. The molecule has 0 aromatic heterocycles. The van der Waals surface area contributed by atoms with Crippen molar-refractivity contribution in [1.82, 2.24) is 0 Å². The van der Waals surface area contributed by atoms with Crippen LogP contribution in [0, 0.1) is 5.82 Å². The number of para-hydroxylation sites is 2. The van der Waals surface area contributed by atoms with Crippen molar-refractivity contribution in [3.05, 3.63) is 89.2 Å². The van der Waals surface area contributed by atoms with Gasteiger partial charge < -0.3 is 10.4 Å². The Labute approximate surface area is 155 Å². The molecule has 0 aliphatic heterocycles. The van der Waals surface area contributed by atoms with Crippen LogP contribution in [-0.2, 0) is 6.54 Å². The smallest absolute Gasteiger partial charge is 0.326 e. The maximum absolute atomic E-state index is 13.9. The van der Waals surface area contributed by atoms with Gasteiger partial charge in [0.05, 0.1) is 12.2 Å². The monoisotopic (exact) mass is 370 g/mol. The van der Waals surface area contributed by atoms with Crippen LogP contribution in [0.15, 0.2) is 72.8 Å². The summed E-state index contributed by atoms with van der Waals surface area (Å²) >= 11 is 6.00. The van der Waals surface area contributed by atoms with Crippen molar-refractivity contribution in [2.45, 2.75) is 6.54 Å². The van der Waals surface area contributed by atoms with Gasteiger partial charge in [-0.1, -0.05) is 41.9 Å². The average Bonchev–Trinajstić information content (AvgIpc) is 2.65. The first-order chi connectivity index (χ1) is 12.5. The van der Waals surface area contributed by atoms with Crippen molar-refractivity contribution in [2.75, 3.05) is 10.2 Å². The van der Waals surface area contributed by atoms with Crippen molar-refractivity contribution in [3.8, 4) is 5.75 Å². The van der Waals surface area contributed by atoms with Crippen LogP contribution in [0.1, 0.15) is 5.56 Å². The average molecular weight is 371 g/mol. The zero-order chi connectivity index (χ0) is 18.5. The topological polar surface area (TPSA) is 52.6 Å². The highest BCUT2D eigenvalue weighted by Gasteiger charge is 2.19. The fraction of sp³-hybridized carbons (Fsp3) is 0.0500. The van der Waals surface area contributed by atoms with E-state index in [1.54, 1.807) is 48.5 Å². The number of nitrogens with zero attached hydrogens (tertiary/aromatic N) is 1. The molecule has 132 valence electrons. The zero-order valence-corrected chi connectivity index (χ0v) is 14.4. The first-order valence-electron chi connectivity index (χ1n) is 7.90. The van der Waals surface area contributed by atoms with E-state index in [0.717, 1.165) is 0 Å². The van der Waals surface area contributed by atoms with Gasteiger partial charge in [-0.05, 0) is 42.5 Å². The normalized spacial score (nSPS) is 10.4. The van der Waals surface area contributed by atoms with Crippen molar-refractivity contribution in [2.24, 2.45) is 0 Å². The predicted octanol–water partition coefficient (Wildman–Crippen LogP) is 5.42. The fourth-order valence-corrected chi connectivity index (χ4v) is 2.68. The van der Waals surface area contributed by atoms with E-state index in [0.29, 0.717) is 16.3 Å². The van der Waals surface area contributed by atoms with E-state index in [2.05, 4.69) is 5.32 Å². The molecule has 2 N–H and O–H groups in total. The Morgan fingerprint density at radius 2 is 1.73 bits per heavy atom. The Balaban J connectivity index is 1.92. The molecule has 0 fully saturated rings. The van der Waals surface area contributed by atoms with Crippen LogP contribution in [-0.4, -0.2) is 11.1 Å². The highest BCUT2D eigenvalue weighted by atomic mass is 35.5. The van der Waals surface area contributed by atoms with E-state index in [-0.39, 0.29) is 18.0 Å². The third-order valence-electron chi connectivity index (χ3n) is 3.80. The number of aromatic hydroxyl groups is 1. The van der Waals surface area contributed by atoms with Gasteiger partial charge in [-0.25, -0.2) is 9.18 Å². The number of rotatable bonds is 4. The first-order valence-corrected chi connectivity index (χ1v) is 8.28. The number of phenolic OH excluding ortho intramolecular Hbond substituents is 1. The summed E-state index contributed by atoms with van der Waals surface area (Å²) in [6, 6.07) is 18.9. The summed E-state index contributed by atoms with van der Waals surface area (Å²) in [6.45, 7) is 0.0662. The quantitative estimate of drug-likeness (QED) is 0.644. The van der Waals surface area contributed by atoms with Gasteiger partial charge in [-0.15, -0.1) is 0 Å². The molecular weight excluding hydrogens is 355 g/mol. The van der Waals surface area contributed by atoms with Crippen LogP contribution in [0.5, 0.6) is 5.75 Å². The minimum absolute atomic E-state index is 0.0222. The predicted molar refractivity (Wildman–Crippen MR) is 101 cm³/mol. The number of nitrogens with one attached hydrogen (secondary N) is 1. The number of phenols is 1. The summed E-state index contributed by atoms with van der Waals surface area (Å²) < 4.78 is 13.9. The van der Waals surface area contributed by atoms with E-state index >= 15 is 0 Å². The van der Waals surface area contributed by atoms with Gasteiger partial charge in [0.15, 0.2) is 0 Å². The summed E-state index contributed by atoms with van der Waals surface area (Å²) in [5, 5.41) is 13.1. The molecule has 0 atom stereocenters. The standard InChI is InChI=1S/C20H16ClFN2O2/c21-15-10-11-19(25)14(12-15)13-24(16-6-2-1-3-7-16)20(26)23-18-9-5-4-8-17(18)22/h1-12,25H,13H2,(H,23,26). The summed E-state index contributed by atoms with van der Waals surface area (Å²) in [4.78, 5) is 14.2. The van der Waals surface area contributed by atoms with E-state index in [4.69, 9.17) is 11.6 Å². The number of anilines is 2. The van der Waals surface area contributed by atoms with Crippen LogP contribution in [0.2, 0.25) is 5.02 Å². The molecule has 26 heavy (non-hydrogen) atoms. The van der Waals surface area contributed by atoms with Crippen LogP contribution in [0.4, 0.5) is 20.6 Å². The first kappa shape index (κ1) is 17.8. The van der Waals surface area contributed by atoms with Gasteiger partial charge in [0.2, 0.25) is 0 Å². The molecule has 0 aliphatic carbocycles. The lowest BCUT2D eigenvalue weighted by atomic mass is 10.1. The van der Waals surface area contributed by atoms with Gasteiger partial charge in [0.1, 0.15) is 11.6 Å². The van der Waals surface area contributed by atoms with Gasteiger partial charge in [-0.3, -0.25) is 4.90 Å². The van der Waals surface area contributed by atoms with E-state index < -0.39 is 11.8 Å². The van der Waals surface area contributed by atoms with Gasteiger partial charge in [0.25, 0.3) is 0 Å². The summed E-state index contributed by atoms with van der Waals surface area (Å²) in [7, 11) is 0. The zero-order valence-electron chi connectivity index (χ0n) is 13.7. The second-order valence-electron chi connectivity index (χ2n) is 5.60. The molecule has 4 nitrogen and oxygen atoms in total. The summed E-state index contributed by atoms with van der Waals surface area (Å²) in [5.74, 6) is -0.506. The fourth-order valence-electron chi connectivity index (χ4n) is 2.48. The van der Waals surface area contributed by atoms with Crippen LogP contribution < -0.4 is 10.2 Å². The lowest BCUT2D eigenvalue weighted by Gasteiger charge is -2.24. The highest BCUT2D eigenvalue weighted by molar-refractivity contribution is 6.30. The van der Waals surface area contributed by atoms with Crippen LogP contribution in [0.3, 0.4) is 0 Å². The SMILES string of the molecule is O=C(Nc1ccccc1F)N(Cc1cc(Cl)ccc1O)c1ccccc1. The molecule has 6 heteroatoms. The Kier molecular flexibility index (Phi) is 5.39. The number of urea groups is 1. The number of hydrogen-bond acceptors (Lipinski definition) is 2. The maximum atomic E-state index is 13.9. The molecule has 0 unspecified atom stereocenters. The number of amides is 2. The third kappa shape index (κ3) is 4.13. The molecule has 2 amide bonds. The van der Waals surface area contributed by atoms with Crippen molar-refractivity contribution >= 4 is 29.0 Å². The van der Waals surface area contributed by atoms with E-state index in [1.807, 2.05) is 6.07 Å². The van der Waals surface area contributed by atoms with Crippen molar-refractivity contribution in [3.63, 3.8) is 0 Å². The van der Waals surface area contributed by atoms with Crippen molar-refractivity contribution in [1.29, 1.82) is 0 Å². The molecule has 0 aliphatic rings. The minimum Gasteiger partial charge on any atom is -0.508 e. The van der Waals surface area contributed by atoms with Crippen LogP contribution in [0.25, 0.3) is 0 Å². The molecule has 0 saturated heterocycles. The maximum Gasteiger partial charge on any atom is 0.326 e. The lowest BCUT2D eigenvalue weighted by molar-refractivity contribution is 0.256. The lowest BCUT2D eigenvalue weighted by Crippen LogP contribution is -2.34. The van der Waals surface area contributed by atoms with Gasteiger partial charge >= 0.3 is 6.03 Å². The molecule has 0 bridgehead atoms. The summed E-state index contributed by atoms with van der Waals surface area (Å²) in [6.07, 6.45) is 0. The number of halogens is 2. The van der Waals surface area contributed by atoms with Gasteiger partial charge in [0, 0.05) is 16.3 Å². The molecule has 0 saturated carbocycles. The third-order valence-corrected chi connectivity index (χ3v) is 4.03. The highest BCUT2D eigenvalue weighted by Crippen LogP contribution is 2.26.